The Hall–Kier alpha value is -2.36. The fourth-order valence-electron chi connectivity index (χ4n) is 4.13. The van der Waals surface area contributed by atoms with Gasteiger partial charge in [0.15, 0.2) is 0 Å². The molecule has 2 fully saturated rings. The number of amides is 1. The summed E-state index contributed by atoms with van der Waals surface area (Å²) in [6.45, 7) is 2.85. The Labute approximate surface area is 177 Å². The summed E-state index contributed by atoms with van der Waals surface area (Å²) in [5.74, 6) is -0.151. The van der Waals surface area contributed by atoms with E-state index >= 15 is 0 Å². The molecule has 1 aromatic carbocycles. The minimum absolute atomic E-state index is 0.0882. The first-order valence-corrected chi connectivity index (χ1v) is 11.7. The number of rotatable bonds is 6. The Bertz CT molecular complexity index is 970. The van der Waals surface area contributed by atoms with Crippen LogP contribution in [0.25, 0.3) is 0 Å². The van der Waals surface area contributed by atoms with E-state index in [1.807, 2.05) is 30.1 Å². The van der Waals surface area contributed by atoms with E-state index in [-0.39, 0.29) is 16.8 Å². The van der Waals surface area contributed by atoms with Crippen LogP contribution in [-0.4, -0.2) is 81.0 Å². The molecule has 162 valence electrons. The number of H-pyrrole nitrogens is 1. The van der Waals surface area contributed by atoms with Crippen LogP contribution < -0.4 is 4.90 Å². The molecule has 2 aliphatic rings. The standard InChI is InChI=1S/C21H28N4O4S/c1-23(17-6-3-2-4-7-17)16-18-8-5-9-25(18)21(26)20-14-19(15-22-20)30(27,28)24-10-12-29-13-11-24/h2-4,6-7,14-15,18,22H,5,8-13,16H2,1H3/t18-/m1/s1. The molecule has 4 rings (SSSR count). The predicted octanol–water partition coefficient (Wildman–Crippen LogP) is 1.78. The number of aromatic nitrogens is 1. The van der Waals surface area contributed by atoms with Gasteiger partial charge in [-0.05, 0) is 31.0 Å². The van der Waals surface area contributed by atoms with Crippen molar-refractivity contribution in [2.75, 3.05) is 51.3 Å². The first kappa shape index (κ1) is 20.9. The van der Waals surface area contributed by atoms with Crippen molar-refractivity contribution in [3.63, 3.8) is 0 Å². The van der Waals surface area contributed by atoms with Gasteiger partial charge in [-0.3, -0.25) is 4.79 Å². The van der Waals surface area contributed by atoms with Crippen LogP contribution in [0, 0.1) is 0 Å². The molecule has 3 heterocycles. The summed E-state index contributed by atoms with van der Waals surface area (Å²) in [6, 6.07) is 11.6. The Morgan fingerprint density at radius 3 is 2.67 bits per heavy atom. The van der Waals surface area contributed by atoms with Crippen molar-refractivity contribution < 1.29 is 17.9 Å². The first-order valence-electron chi connectivity index (χ1n) is 10.3. The number of likely N-dealkylation sites (tertiary alicyclic amines) is 1. The van der Waals surface area contributed by atoms with Gasteiger partial charge >= 0.3 is 0 Å². The minimum Gasteiger partial charge on any atom is -0.379 e. The monoisotopic (exact) mass is 432 g/mol. The zero-order valence-corrected chi connectivity index (χ0v) is 18.0. The lowest BCUT2D eigenvalue weighted by Gasteiger charge is -2.29. The Morgan fingerprint density at radius 1 is 1.20 bits per heavy atom. The molecule has 1 aromatic heterocycles. The number of nitrogens with zero attached hydrogens (tertiary/aromatic N) is 3. The number of carbonyl (C=O) groups is 1. The zero-order valence-electron chi connectivity index (χ0n) is 17.2. The van der Waals surface area contributed by atoms with Gasteiger partial charge in [0.25, 0.3) is 5.91 Å². The van der Waals surface area contributed by atoms with Gasteiger partial charge in [-0.15, -0.1) is 0 Å². The molecule has 0 unspecified atom stereocenters. The van der Waals surface area contributed by atoms with Crippen molar-refractivity contribution in [3.8, 4) is 0 Å². The summed E-state index contributed by atoms with van der Waals surface area (Å²) in [5.41, 5.74) is 1.42. The van der Waals surface area contributed by atoms with E-state index in [0.29, 0.717) is 38.5 Å². The molecule has 0 saturated carbocycles. The van der Waals surface area contributed by atoms with Crippen LogP contribution in [0.5, 0.6) is 0 Å². The third-order valence-corrected chi connectivity index (χ3v) is 7.69. The van der Waals surface area contributed by atoms with E-state index in [2.05, 4.69) is 22.0 Å². The van der Waals surface area contributed by atoms with Crippen LogP contribution in [-0.2, 0) is 14.8 Å². The van der Waals surface area contributed by atoms with Crippen molar-refractivity contribution in [1.82, 2.24) is 14.2 Å². The fourth-order valence-corrected chi connectivity index (χ4v) is 5.54. The van der Waals surface area contributed by atoms with Crippen LogP contribution >= 0.6 is 0 Å². The minimum atomic E-state index is -3.62. The summed E-state index contributed by atoms with van der Waals surface area (Å²) in [7, 11) is -1.60. The second-order valence-electron chi connectivity index (χ2n) is 7.78. The van der Waals surface area contributed by atoms with Crippen molar-refractivity contribution in [3.05, 3.63) is 48.3 Å². The zero-order chi connectivity index (χ0) is 21.1. The molecule has 1 N–H and O–H groups in total. The Morgan fingerprint density at radius 2 is 1.93 bits per heavy atom. The largest absolute Gasteiger partial charge is 0.379 e. The van der Waals surface area contributed by atoms with Gasteiger partial charge in [-0.25, -0.2) is 8.42 Å². The normalized spacial score (nSPS) is 20.4. The molecule has 2 saturated heterocycles. The molecule has 2 aromatic rings. The van der Waals surface area contributed by atoms with E-state index in [1.54, 1.807) is 0 Å². The Kier molecular flexibility index (Phi) is 6.12. The van der Waals surface area contributed by atoms with Gasteiger partial charge < -0.3 is 19.5 Å². The number of benzene rings is 1. The average Bonchev–Trinajstić information content (AvgIpc) is 3.45. The third kappa shape index (κ3) is 4.23. The maximum Gasteiger partial charge on any atom is 0.270 e. The second-order valence-corrected chi connectivity index (χ2v) is 9.71. The molecule has 2 aliphatic heterocycles. The van der Waals surface area contributed by atoms with Gasteiger partial charge in [-0.2, -0.15) is 4.31 Å². The number of para-hydroxylation sites is 1. The SMILES string of the molecule is CN(C[C@H]1CCCN1C(=O)c1cc(S(=O)(=O)N2CCOCC2)c[nH]1)c1ccccc1. The second kappa shape index (κ2) is 8.79. The number of hydrogen-bond donors (Lipinski definition) is 1. The van der Waals surface area contributed by atoms with E-state index < -0.39 is 10.0 Å². The molecule has 0 aliphatic carbocycles. The van der Waals surface area contributed by atoms with Crippen molar-refractivity contribution in [1.29, 1.82) is 0 Å². The molecule has 1 atom stereocenters. The van der Waals surface area contributed by atoms with E-state index in [1.165, 1.54) is 16.6 Å². The number of likely N-dealkylation sites (N-methyl/N-ethyl adjacent to an activating group) is 1. The fraction of sp³-hybridized carbons (Fsp3) is 0.476. The van der Waals surface area contributed by atoms with Gasteiger partial charge in [0, 0.05) is 51.2 Å². The number of carbonyl (C=O) groups excluding carboxylic acids is 1. The number of sulfonamides is 1. The molecule has 0 spiro atoms. The highest BCUT2D eigenvalue weighted by atomic mass is 32.2. The van der Waals surface area contributed by atoms with Crippen LogP contribution in [0.15, 0.2) is 47.5 Å². The molecule has 0 bridgehead atoms. The van der Waals surface area contributed by atoms with E-state index in [0.717, 1.165) is 25.1 Å². The van der Waals surface area contributed by atoms with E-state index in [9.17, 15) is 13.2 Å². The number of hydrogen-bond acceptors (Lipinski definition) is 5. The topological polar surface area (TPSA) is 86.0 Å². The highest BCUT2D eigenvalue weighted by Crippen LogP contribution is 2.24. The van der Waals surface area contributed by atoms with Crippen LogP contribution in [0.3, 0.4) is 0 Å². The summed E-state index contributed by atoms with van der Waals surface area (Å²) < 4.78 is 32.3. The number of anilines is 1. The average molecular weight is 433 g/mol. The molecular formula is C21H28N4O4S. The summed E-state index contributed by atoms with van der Waals surface area (Å²) in [5, 5.41) is 0. The number of morpholine rings is 1. The van der Waals surface area contributed by atoms with Gasteiger partial charge in [0.1, 0.15) is 10.6 Å². The number of ether oxygens (including phenoxy) is 1. The summed E-state index contributed by atoms with van der Waals surface area (Å²) in [4.78, 5) is 20.2. The predicted molar refractivity (Wildman–Crippen MR) is 114 cm³/mol. The third-order valence-electron chi connectivity index (χ3n) is 5.81. The quantitative estimate of drug-likeness (QED) is 0.752. The smallest absolute Gasteiger partial charge is 0.270 e. The lowest BCUT2D eigenvalue weighted by Crippen LogP contribution is -2.42. The molecule has 9 heteroatoms. The van der Waals surface area contributed by atoms with Crippen molar-refractivity contribution in [2.45, 2.75) is 23.8 Å². The Balaban J connectivity index is 1.46. The van der Waals surface area contributed by atoms with Gasteiger partial charge in [-0.1, -0.05) is 18.2 Å². The lowest BCUT2D eigenvalue weighted by molar-refractivity contribution is 0.0729. The van der Waals surface area contributed by atoms with Gasteiger partial charge in [0.05, 0.1) is 13.2 Å². The number of nitrogens with one attached hydrogen (secondary N) is 1. The lowest BCUT2D eigenvalue weighted by atomic mass is 10.2. The van der Waals surface area contributed by atoms with Crippen LogP contribution in [0.2, 0.25) is 0 Å². The van der Waals surface area contributed by atoms with Crippen molar-refractivity contribution in [2.24, 2.45) is 0 Å². The van der Waals surface area contributed by atoms with Crippen molar-refractivity contribution >= 4 is 21.6 Å². The highest BCUT2D eigenvalue weighted by Gasteiger charge is 2.33. The van der Waals surface area contributed by atoms with Crippen LogP contribution in [0.4, 0.5) is 5.69 Å². The molecule has 1 amide bonds. The summed E-state index contributed by atoms with van der Waals surface area (Å²) in [6.07, 6.45) is 3.29. The molecule has 8 nitrogen and oxygen atoms in total. The highest BCUT2D eigenvalue weighted by molar-refractivity contribution is 7.89. The maximum atomic E-state index is 13.1. The molecule has 0 radical (unpaired) electrons. The summed E-state index contributed by atoms with van der Waals surface area (Å²) >= 11 is 0. The molecule has 30 heavy (non-hydrogen) atoms. The van der Waals surface area contributed by atoms with E-state index in [4.69, 9.17) is 4.74 Å². The maximum absolute atomic E-state index is 13.1. The number of aromatic amines is 1. The molecular weight excluding hydrogens is 404 g/mol. The first-order chi connectivity index (χ1) is 14.5. The van der Waals surface area contributed by atoms with Crippen LogP contribution in [0.1, 0.15) is 23.3 Å². The van der Waals surface area contributed by atoms with Gasteiger partial charge in [0.2, 0.25) is 10.0 Å².